The Kier molecular flexibility index (Phi) is 3.39. The van der Waals surface area contributed by atoms with Crippen molar-refractivity contribution >= 4 is 0 Å². The Hall–Kier alpha value is -0.160. The molecule has 1 aliphatic carbocycles. The van der Waals surface area contributed by atoms with Crippen molar-refractivity contribution in [2.45, 2.75) is 64.0 Å². The molecule has 4 heteroatoms. The van der Waals surface area contributed by atoms with E-state index >= 15 is 0 Å². The number of aliphatic hydroxyl groups is 1. The summed E-state index contributed by atoms with van der Waals surface area (Å²) < 4.78 is 5.58. The van der Waals surface area contributed by atoms with Crippen LogP contribution < -0.4 is 10.9 Å². The van der Waals surface area contributed by atoms with Gasteiger partial charge in [0, 0.05) is 18.4 Å². The molecule has 0 aromatic carbocycles. The van der Waals surface area contributed by atoms with Crippen molar-refractivity contribution in [1.82, 2.24) is 10.9 Å². The van der Waals surface area contributed by atoms with Gasteiger partial charge in [-0.25, -0.2) is 5.43 Å². The molecule has 3 fully saturated rings. The van der Waals surface area contributed by atoms with Crippen molar-refractivity contribution in [3.05, 3.63) is 0 Å². The van der Waals surface area contributed by atoms with Gasteiger partial charge in [0.05, 0.1) is 0 Å². The fourth-order valence-electron chi connectivity index (χ4n) is 3.96. The Morgan fingerprint density at radius 3 is 2.65 bits per heavy atom. The molecule has 17 heavy (non-hydrogen) atoms. The van der Waals surface area contributed by atoms with Crippen molar-refractivity contribution in [3.63, 3.8) is 0 Å². The number of hydrogen-bond acceptors (Lipinski definition) is 4. The number of aliphatic hydroxyl groups excluding tert-OH is 1. The van der Waals surface area contributed by atoms with E-state index in [0.717, 1.165) is 12.3 Å². The van der Waals surface area contributed by atoms with Gasteiger partial charge in [0.2, 0.25) is 0 Å². The molecule has 2 heterocycles. The Morgan fingerprint density at radius 2 is 1.88 bits per heavy atom. The Bertz CT molecular complexity index is 268. The summed E-state index contributed by atoms with van der Waals surface area (Å²) >= 11 is 0. The minimum atomic E-state index is -0.592. The molecule has 0 aromatic rings. The summed E-state index contributed by atoms with van der Waals surface area (Å²) in [6.45, 7) is 2.24. The van der Waals surface area contributed by atoms with E-state index in [4.69, 9.17) is 4.74 Å². The summed E-state index contributed by atoms with van der Waals surface area (Å²) in [7, 11) is 0. The topological polar surface area (TPSA) is 53.5 Å². The molecule has 5 atom stereocenters. The standard InChI is InChI=1S/C13H24N2O2/c1-8-7-10(16)17-13-11(8)12(14-15-13)9-5-3-2-4-6-9/h8-16H,2-7H2,1H3. The molecule has 0 bridgehead atoms. The summed E-state index contributed by atoms with van der Waals surface area (Å²) in [5.41, 5.74) is 6.67. The van der Waals surface area contributed by atoms with Gasteiger partial charge in [0.25, 0.3) is 0 Å². The largest absolute Gasteiger partial charge is 0.368 e. The van der Waals surface area contributed by atoms with Crippen LogP contribution in [0.2, 0.25) is 0 Å². The Morgan fingerprint density at radius 1 is 1.12 bits per heavy atom. The van der Waals surface area contributed by atoms with Crippen LogP contribution in [0.3, 0.4) is 0 Å². The lowest BCUT2D eigenvalue weighted by Crippen LogP contribution is -2.45. The number of nitrogens with one attached hydrogen (secondary N) is 2. The predicted molar refractivity (Wildman–Crippen MR) is 64.8 cm³/mol. The molecule has 98 valence electrons. The van der Waals surface area contributed by atoms with Crippen LogP contribution in [0.15, 0.2) is 0 Å². The van der Waals surface area contributed by atoms with Gasteiger partial charge in [-0.05, 0) is 24.7 Å². The Labute approximate surface area is 103 Å². The maximum atomic E-state index is 9.63. The molecular weight excluding hydrogens is 216 g/mol. The Balaban J connectivity index is 1.70. The third-order valence-electron chi connectivity index (χ3n) is 4.85. The number of rotatable bonds is 1. The molecule has 0 aromatic heterocycles. The van der Waals surface area contributed by atoms with Crippen LogP contribution in [-0.2, 0) is 4.74 Å². The number of hydrazine groups is 1. The van der Waals surface area contributed by atoms with Crippen LogP contribution in [0, 0.1) is 17.8 Å². The molecule has 5 unspecified atom stereocenters. The van der Waals surface area contributed by atoms with Gasteiger partial charge in [0.1, 0.15) is 6.23 Å². The molecule has 3 aliphatic rings. The lowest BCUT2D eigenvalue weighted by atomic mass is 9.73. The first-order valence-electron chi connectivity index (χ1n) is 7.10. The normalized spacial score (nSPS) is 48.0. The third-order valence-corrected chi connectivity index (χ3v) is 4.85. The van der Waals surface area contributed by atoms with E-state index in [1.807, 2.05) is 0 Å². The van der Waals surface area contributed by atoms with E-state index in [0.29, 0.717) is 17.9 Å². The van der Waals surface area contributed by atoms with E-state index in [1.165, 1.54) is 32.1 Å². The molecule has 2 saturated heterocycles. The fourth-order valence-corrected chi connectivity index (χ4v) is 3.96. The second-order valence-electron chi connectivity index (χ2n) is 6.01. The van der Waals surface area contributed by atoms with Gasteiger partial charge < -0.3 is 9.84 Å². The summed E-state index contributed by atoms with van der Waals surface area (Å²) in [6, 6.07) is 0.530. The van der Waals surface area contributed by atoms with Gasteiger partial charge in [-0.1, -0.05) is 26.2 Å². The van der Waals surface area contributed by atoms with Crippen LogP contribution in [0.5, 0.6) is 0 Å². The average Bonchev–Trinajstić information content (AvgIpc) is 2.74. The van der Waals surface area contributed by atoms with Crippen LogP contribution >= 0.6 is 0 Å². The smallest absolute Gasteiger partial charge is 0.156 e. The van der Waals surface area contributed by atoms with Crippen molar-refractivity contribution in [1.29, 1.82) is 0 Å². The van der Waals surface area contributed by atoms with Crippen LogP contribution in [-0.4, -0.2) is 23.7 Å². The zero-order valence-electron chi connectivity index (χ0n) is 10.6. The minimum Gasteiger partial charge on any atom is -0.368 e. The second-order valence-corrected chi connectivity index (χ2v) is 6.01. The van der Waals surface area contributed by atoms with Gasteiger partial charge >= 0.3 is 0 Å². The molecule has 2 aliphatic heterocycles. The molecule has 0 radical (unpaired) electrons. The highest BCUT2D eigenvalue weighted by Gasteiger charge is 2.47. The monoisotopic (exact) mass is 240 g/mol. The summed E-state index contributed by atoms with van der Waals surface area (Å²) in [4.78, 5) is 0. The van der Waals surface area contributed by atoms with Gasteiger partial charge in [-0.3, -0.25) is 5.43 Å². The highest BCUT2D eigenvalue weighted by Crippen LogP contribution is 2.39. The zero-order valence-corrected chi connectivity index (χ0v) is 10.6. The van der Waals surface area contributed by atoms with E-state index in [9.17, 15) is 5.11 Å². The number of ether oxygens (including phenoxy) is 1. The molecule has 1 saturated carbocycles. The lowest BCUT2D eigenvalue weighted by Gasteiger charge is -2.39. The summed E-state index contributed by atoms with van der Waals surface area (Å²) in [5.74, 6) is 1.83. The van der Waals surface area contributed by atoms with Crippen molar-refractivity contribution < 1.29 is 9.84 Å². The molecule has 3 N–H and O–H groups in total. The summed E-state index contributed by atoms with van der Waals surface area (Å²) in [5, 5.41) is 9.63. The van der Waals surface area contributed by atoms with Crippen LogP contribution in [0.1, 0.15) is 45.4 Å². The average molecular weight is 240 g/mol. The first-order valence-corrected chi connectivity index (χ1v) is 7.10. The van der Waals surface area contributed by atoms with Gasteiger partial charge in [-0.2, -0.15) is 0 Å². The second kappa shape index (κ2) is 4.84. The highest BCUT2D eigenvalue weighted by molar-refractivity contribution is 4.96. The SMILES string of the molecule is CC1CC(O)OC2NNC(C3CCCCC3)C12. The van der Waals surface area contributed by atoms with Crippen molar-refractivity contribution in [3.8, 4) is 0 Å². The summed E-state index contributed by atoms with van der Waals surface area (Å²) in [6.07, 6.45) is 7.01. The first kappa shape index (κ1) is 11.9. The third kappa shape index (κ3) is 2.24. The fraction of sp³-hybridized carbons (Fsp3) is 1.00. The lowest BCUT2D eigenvalue weighted by molar-refractivity contribution is -0.198. The van der Waals surface area contributed by atoms with E-state index in [1.54, 1.807) is 0 Å². The van der Waals surface area contributed by atoms with E-state index in [-0.39, 0.29) is 6.23 Å². The van der Waals surface area contributed by atoms with Crippen molar-refractivity contribution in [2.75, 3.05) is 0 Å². The predicted octanol–water partition coefficient (Wildman–Crippen LogP) is 1.36. The minimum absolute atomic E-state index is 0.000626. The van der Waals surface area contributed by atoms with Gasteiger partial charge in [0.15, 0.2) is 6.29 Å². The van der Waals surface area contributed by atoms with Crippen molar-refractivity contribution in [2.24, 2.45) is 17.8 Å². The quantitative estimate of drug-likeness (QED) is 0.648. The maximum absolute atomic E-state index is 9.63. The molecule has 4 nitrogen and oxygen atoms in total. The number of fused-ring (bicyclic) bond motifs is 1. The molecule has 0 spiro atoms. The van der Waals surface area contributed by atoms with Gasteiger partial charge in [-0.15, -0.1) is 0 Å². The first-order chi connectivity index (χ1) is 8.25. The molecule has 0 amide bonds. The highest BCUT2D eigenvalue weighted by atomic mass is 16.6. The maximum Gasteiger partial charge on any atom is 0.156 e. The zero-order chi connectivity index (χ0) is 11.8. The number of hydrogen-bond donors (Lipinski definition) is 3. The molecular formula is C13H24N2O2. The van der Waals surface area contributed by atoms with E-state index < -0.39 is 6.29 Å². The van der Waals surface area contributed by atoms with E-state index in [2.05, 4.69) is 17.8 Å². The van der Waals surface area contributed by atoms with Crippen LogP contribution in [0.4, 0.5) is 0 Å². The molecule has 3 rings (SSSR count). The van der Waals surface area contributed by atoms with Crippen LogP contribution in [0.25, 0.3) is 0 Å².